The molecule has 3 heterocycles. The van der Waals surface area contributed by atoms with E-state index in [9.17, 15) is 0 Å². The quantitative estimate of drug-likeness (QED) is 0.439. The average Bonchev–Trinajstić information content (AvgIpc) is 2.88. The molecule has 1 fully saturated rings. The van der Waals surface area contributed by atoms with Gasteiger partial charge in [-0.3, -0.25) is 19.8 Å². The number of pyridine rings is 2. The Morgan fingerprint density at radius 2 is 1.54 bits per heavy atom. The van der Waals surface area contributed by atoms with Gasteiger partial charge in [-0.2, -0.15) is 0 Å². The van der Waals surface area contributed by atoms with Crippen LogP contribution >= 0.6 is 0 Å². The first-order valence-electron chi connectivity index (χ1n) is 12.2. The van der Waals surface area contributed by atoms with E-state index < -0.39 is 0 Å². The Kier molecular flexibility index (Phi) is 8.69. The molecule has 7 nitrogen and oxygen atoms in total. The van der Waals surface area contributed by atoms with E-state index in [0.29, 0.717) is 6.61 Å². The first-order chi connectivity index (χ1) is 17.1. The van der Waals surface area contributed by atoms with Crippen LogP contribution in [-0.2, 0) is 24.2 Å². The summed E-state index contributed by atoms with van der Waals surface area (Å²) in [7, 11) is 5.07. The third-order valence-corrected chi connectivity index (χ3v) is 6.49. The number of piperazine rings is 1. The Morgan fingerprint density at radius 3 is 2.17 bits per heavy atom. The first kappa shape index (κ1) is 25.1. The van der Waals surface area contributed by atoms with Crippen molar-refractivity contribution < 1.29 is 14.2 Å². The molecule has 1 aliphatic heterocycles. The molecule has 0 unspecified atom stereocenters. The molecule has 0 bridgehead atoms. The summed E-state index contributed by atoms with van der Waals surface area (Å²) in [6.07, 6.45) is 2.62. The molecule has 35 heavy (non-hydrogen) atoms. The van der Waals surface area contributed by atoms with Crippen LogP contribution in [0.1, 0.15) is 22.5 Å². The summed E-state index contributed by atoms with van der Waals surface area (Å²) in [4.78, 5) is 14.3. The lowest BCUT2D eigenvalue weighted by molar-refractivity contribution is 0.121. The Balaban J connectivity index is 1.41. The molecule has 3 aromatic rings. The molecule has 1 aliphatic rings. The van der Waals surface area contributed by atoms with Crippen LogP contribution in [0.15, 0.2) is 48.7 Å². The second-order valence-corrected chi connectivity index (χ2v) is 8.97. The summed E-state index contributed by atoms with van der Waals surface area (Å²) in [5.41, 5.74) is 6.39. The zero-order chi connectivity index (χ0) is 24.6. The van der Waals surface area contributed by atoms with Gasteiger partial charge in [-0.05, 0) is 48.9 Å². The van der Waals surface area contributed by atoms with Crippen molar-refractivity contribution in [2.45, 2.75) is 26.4 Å². The summed E-state index contributed by atoms with van der Waals surface area (Å²) in [6.45, 7) is 8.65. The van der Waals surface area contributed by atoms with E-state index in [1.807, 2.05) is 31.3 Å². The van der Waals surface area contributed by atoms with E-state index in [1.165, 1.54) is 5.56 Å². The van der Waals surface area contributed by atoms with Crippen LogP contribution in [0.5, 0.6) is 11.5 Å². The van der Waals surface area contributed by atoms with Crippen LogP contribution in [-0.4, -0.2) is 73.9 Å². The van der Waals surface area contributed by atoms with Crippen LogP contribution in [0.3, 0.4) is 0 Å². The fourth-order valence-electron chi connectivity index (χ4n) is 4.59. The molecule has 1 saturated heterocycles. The molecule has 2 aromatic heterocycles. The van der Waals surface area contributed by atoms with Crippen LogP contribution in [0.4, 0.5) is 0 Å². The van der Waals surface area contributed by atoms with E-state index in [-0.39, 0.29) is 0 Å². The number of hydrogen-bond donors (Lipinski definition) is 0. The van der Waals surface area contributed by atoms with Crippen LogP contribution in [0.25, 0.3) is 11.3 Å². The lowest BCUT2D eigenvalue weighted by Crippen LogP contribution is -2.45. The molecule has 0 atom stereocenters. The van der Waals surface area contributed by atoms with E-state index >= 15 is 0 Å². The standard InChI is InChI=1S/C28H36N4O3/c1-21-6-5-7-24(30-21)20-32-13-11-31(12-14-32)19-22-8-10-29-26(16-22)23-17-27(34-3)25(9-15-33-2)28(18-23)35-4/h5-8,10,16-18H,9,11-15,19-20H2,1-4H3. The fraction of sp³-hybridized carbons (Fsp3) is 0.429. The van der Waals surface area contributed by atoms with Gasteiger partial charge in [0.05, 0.1) is 32.2 Å². The van der Waals surface area contributed by atoms with Crippen molar-refractivity contribution in [3.63, 3.8) is 0 Å². The van der Waals surface area contributed by atoms with Gasteiger partial charge in [-0.25, -0.2) is 0 Å². The Morgan fingerprint density at radius 1 is 0.857 bits per heavy atom. The number of methoxy groups -OCH3 is 3. The van der Waals surface area contributed by atoms with Gasteiger partial charge in [0, 0.05) is 75.8 Å². The van der Waals surface area contributed by atoms with Gasteiger partial charge >= 0.3 is 0 Å². The molecule has 0 amide bonds. The highest BCUT2D eigenvalue weighted by Gasteiger charge is 2.19. The van der Waals surface area contributed by atoms with Crippen molar-refractivity contribution in [2.24, 2.45) is 0 Å². The van der Waals surface area contributed by atoms with E-state index in [4.69, 9.17) is 14.2 Å². The highest BCUT2D eigenvalue weighted by molar-refractivity contribution is 5.67. The number of rotatable bonds is 10. The van der Waals surface area contributed by atoms with Crippen LogP contribution in [0, 0.1) is 6.92 Å². The second kappa shape index (κ2) is 12.1. The van der Waals surface area contributed by atoms with Gasteiger partial charge in [-0.1, -0.05) is 6.07 Å². The lowest BCUT2D eigenvalue weighted by atomic mass is 10.0. The number of ether oxygens (including phenoxy) is 3. The average molecular weight is 477 g/mol. The Bertz CT molecular complexity index is 1090. The third kappa shape index (κ3) is 6.57. The van der Waals surface area contributed by atoms with E-state index in [1.54, 1.807) is 21.3 Å². The minimum absolute atomic E-state index is 0.606. The maximum atomic E-state index is 5.68. The van der Waals surface area contributed by atoms with Gasteiger partial charge in [0.15, 0.2) is 0 Å². The minimum Gasteiger partial charge on any atom is -0.496 e. The molecule has 7 heteroatoms. The molecular weight excluding hydrogens is 440 g/mol. The largest absolute Gasteiger partial charge is 0.496 e. The number of hydrogen-bond acceptors (Lipinski definition) is 7. The van der Waals surface area contributed by atoms with Gasteiger partial charge in [0.1, 0.15) is 11.5 Å². The highest BCUT2D eigenvalue weighted by atomic mass is 16.5. The predicted octanol–water partition coefficient (Wildman–Crippen LogP) is 3.98. The molecule has 0 aliphatic carbocycles. The highest BCUT2D eigenvalue weighted by Crippen LogP contribution is 2.35. The molecule has 0 radical (unpaired) electrons. The maximum absolute atomic E-state index is 5.68. The molecule has 0 saturated carbocycles. The predicted molar refractivity (Wildman–Crippen MR) is 138 cm³/mol. The SMILES string of the molecule is COCCc1c(OC)cc(-c2cc(CN3CCN(Cc4cccc(C)n4)CC3)ccn2)cc1OC. The number of aryl methyl sites for hydroxylation is 1. The molecule has 186 valence electrons. The Hall–Kier alpha value is -3.00. The summed E-state index contributed by atoms with van der Waals surface area (Å²) in [6, 6.07) is 14.6. The van der Waals surface area contributed by atoms with E-state index in [0.717, 1.165) is 85.4 Å². The van der Waals surface area contributed by atoms with Crippen molar-refractivity contribution in [3.8, 4) is 22.8 Å². The number of benzene rings is 1. The van der Waals surface area contributed by atoms with Crippen molar-refractivity contribution in [1.29, 1.82) is 0 Å². The summed E-state index contributed by atoms with van der Waals surface area (Å²) in [5.74, 6) is 1.59. The maximum Gasteiger partial charge on any atom is 0.126 e. The van der Waals surface area contributed by atoms with Crippen molar-refractivity contribution in [2.75, 3.05) is 54.1 Å². The topological polar surface area (TPSA) is 60.0 Å². The fourth-order valence-corrected chi connectivity index (χ4v) is 4.59. The summed E-state index contributed by atoms with van der Waals surface area (Å²) in [5, 5.41) is 0. The monoisotopic (exact) mass is 476 g/mol. The normalized spacial score (nSPS) is 14.7. The molecule has 4 rings (SSSR count). The zero-order valence-corrected chi connectivity index (χ0v) is 21.3. The number of nitrogens with zero attached hydrogens (tertiary/aromatic N) is 4. The molecule has 0 N–H and O–H groups in total. The lowest BCUT2D eigenvalue weighted by Gasteiger charge is -2.34. The van der Waals surface area contributed by atoms with Crippen molar-refractivity contribution >= 4 is 0 Å². The Labute approximate surface area is 208 Å². The van der Waals surface area contributed by atoms with E-state index in [2.05, 4.69) is 44.0 Å². The number of aromatic nitrogens is 2. The molecule has 0 spiro atoms. The smallest absolute Gasteiger partial charge is 0.126 e. The van der Waals surface area contributed by atoms with Gasteiger partial charge in [0.2, 0.25) is 0 Å². The zero-order valence-electron chi connectivity index (χ0n) is 21.3. The summed E-state index contributed by atoms with van der Waals surface area (Å²) >= 11 is 0. The minimum atomic E-state index is 0.606. The van der Waals surface area contributed by atoms with Gasteiger partial charge < -0.3 is 14.2 Å². The second-order valence-electron chi connectivity index (χ2n) is 8.97. The van der Waals surface area contributed by atoms with Crippen molar-refractivity contribution in [1.82, 2.24) is 19.8 Å². The van der Waals surface area contributed by atoms with Crippen LogP contribution < -0.4 is 9.47 Å². The van der Waals surface area contributed by atoms with Crippen LogP contribution in [0.2, 0.25) is 0 Å². The third-order valence-electron chi connectivity index (χ3n) is 6.49. The van der Waals surface area contributed by atoms with Crippen molar-refractivity contribution in [3.05, 3.63) is 71.2 Å². The molecule has 1 aromatic carbocycles. The summed E-state index contributed by atoms with van der Waals surface area (Å²) < 4.78 is 16.6. The van der Waals surface area contributed by atoms with Gasteiger partial charge in [0.25, 0.3) is 0 Å². The van der Waals surface area contributed by atoms with Gasteiger partial charge in [-0.15, -0.1) is 0 Å². The first-order valence-corrected chi connectivity index (χ1v) is 12.2. The molecular formula is C28H36N4O3.